The van der Waals surface area contributed by atoms with Crippen LogP contribution in [0.1, 0.15) is 61.2 Å². The van der Waals surface area contributed by atoms with Crippen molar-refractivity contribution < 1.29 is 9.53 Å². The Balaban J connectivity index is 1.89. The van der Waals surface area contributed by atoms with Gasteiger partial charge in [-0.2, -0.15) is 5.10 Å². The van der Waals surface area contributed by atoms with E-state index in [0.29, 0.717) is 5.56 Å². The topological polar surface area (TPSA) is 53.9 Å². The number of hydrogen-bond acceptors (Lipinski definition) is 4. The number of nitrogens with one attached hydrogen (secondary N) is 1. The molecule has 1 N–H and O–H groups in total. The lowest BCUT2D eigenvalue weighted by atomic mass is 9.87. The van der Waals surface area contributed by atoms with Gasteiger partial charge in [-0.15, -0.1) is 0 Å². The smallest absolute Gasteiger partial charge is 0.271 e. The standard InChI is InChI=1S/C25H31N3O2/c1-7-12-28-22-14-23(30-6)20(13-21(22)18(3)15-25(28,4)5)16-26-27-24(29)19-10-8-17(2)9-11-19/h8-11,13-16H,7,12H2,1-6H3,(H,27,29)/b26-16-. The summed E-state index contributed by atoms with van der Waals surface area (Å²) in [4.78, 5) is 14.7. The van der Waals surface area contributed by atoms with Gasteiger partial charge in [-0.05, 0) is 57.9 Å². The summed E-state index contributed by atoms with van der Waals surface area (Å²) < 4.78 is 5.65. The molecule has 0 saturated carbocycles. The maximum absolute atomic E-state index is 12.3. The molecule has 2 aromatic rings. The largest absolute Gasteiger partial charge is 0.496 e. The fourth-order valence-corrected chi connectivity index (χ4v) is 3.96. The maximum Gasteiger partial charge on any atom is 0.271 e. The number of amides is 1. The van der Waals surface area contributed by atoms with E-state index in [1.54, 1.807) is 25.5 Å². The van der Waals surface area contributed by atoms with Gasteiger partial charge in [-0.1, -0.05) is 30.7 Å². The number of methoxy groups -OCH3 is 1. The Morgan fingerprint density at radius 1 is 1.20 bits per heavy atom. The van der Waals surface area contributed by atoms with Crippen LogP contribution in [0.5, 0.6) is 5.75 Å². The number of hydrogen-bond donors (Lipinski definition) is 1. The van der Waals surface area contributed by atoms with Crippen molar-refractivity contribution in [2.75, 3.05) is 18.6 Å². The van der Waals surface area contributed by atoms with E-state index < -0.39 is 0 Å². The molecule has 3 rings (SSSR count). The van der Waals surface area contributed by atoms with Crippen LogP contribution in [0, 0.1) is 6.92 Å². The Morgan fingerprint density at radius 3 is 2.53 bits per heavy atom. The molecular formula is C25H31N3O2. The average molecular weight is 406 g/mol. The van der Waals surface area contributed by atoms with Crippen LogP contribution in [0.15, 0.2) is 47.6 Å². The molecule has 0 radical (unpaired) electrons. The zero-order valence-electron chi connectivity index (χ0n) is 18.7. The molecule has 0 atom stereocenters. The van der Waals surface area contributed by atoms with Crippen molar-refractivity contribution in [3.05, 3.63) is 64.7 Å². The Labute approximate surface area is 179 Å². The molecule has 0 unspecified atom stereocenters. The van der Waals surface area contributed by atoms with E-state index in [9.17, 15) is 4.79 Å². The second kappa shape index (κ2) is 8.74. The van der Waals surface area contributed by atoms with Gasteiger partial charge >= 0.3 is 0 Å². The van der Waals surface area contributed by atoms with Gasteiger partial charge in [0.1, 0.15) is 5.75 Å². The van der Waals surface area contributed by atoms with Gasteiger partial charge in [-0.25, -0.2) is 5.43 Å². The summed E-state index contributed by atoms with van der Waals surface area (Å²) in [5.74, 6) is 0.490. The molecule has 158 valence electrons. The zero-order valence-corrected chi connectivity index (χ0v) is 18.7. The lowest BCUT2D eigenvalue weighted by molar-refractivity contribution is 0.0955. The second-order valence-electron chi connectivity index (χ2n) is 8.31. The first-order chi connectivity index (χ1) is 14.3. The van der Waals surface area contributed by atoms with Crippen LogP contribution in [-0.2, 0) is 0 Å². The number of nitrogens with zero attached hydrogens (tertiary/aromatic N) is 2. The van der Waals surface area contributed by atoms with E-state index in [1.807, 2.05) is 19.1 Å². The van der Waals surface area contributed by atoms with E-state index in [-0.39, 0.29) is 11.4 Å². The van der Waals surface area contributed by atoms with E-state index in [1.165, 1.54) is 11.3 Å². The van der Waals surface area contributed by atoms with E-state index >= 15 is 0 Å². The molecule has 0 aliphatic carbocycles. The normalized spacial score (nSPS) is 15.0. The van der Waals surface area contributed by atoms with Gasteiger partial charge in [-0.3, -0.25) is 4.79 Å². The number of fused-ring (bicyclic) bond motifs is 1. The minimum Gasteiger partial charge on any atom is -0.496 e. The molecule has 5 nitrogen and oxygen atoms in total. The number of rotatable bonds is 6. The van der Waals surface area contributed by atoms with Crippen molar-refractivity contribution in [1.29, 1.82) is 0 Å². The molecule has 1 aliphatic rings. The molecule has 0 saturated heterocycles. The highest BCUT2D eigenvalue weighted by Gasteiger charge is 2.31. The fourth-order valence-electron chi connectivity index (χ4n) is 3.96. The third-order valence-electron chi connectivity index (χ3n) is 5.46. The lowest BCUT2D eigenvalue weighted by Gasteiger charge is -2.43. The molecule has 0 bridgehead atoms. The number of hydrazone groups is 1. The molecule has 2 aromatic carbocycles. The van der Waals surface area contributed by atoms with Crippen molar-refractivity contribution in [1.82, 2.24) is 5.43 Å². The molecule has 0 spiro atoms. The minimum absolute atomic E-state index is 0.0598. The summed E-state index contributed by atoms with van der Waals surface area (Å²) in [6, 6.07) is 11.6. The number of ether oxygens (including phenoxy) is 1. The summed E-state index contributed by atoms with van der Waals surface area (Å²) >= 11 is 0. The number of anilines is 1. The van der Waals surface area contributed by atoms with Gasteiger partial charge in [0.05, 0.1) is 18.9 Å². The Hall–Kier alpha value is -3.08. The van der Waals surface area contributed by atoms with Crippen molar-refractivity contribution in [2.24, 2.45) is 5.10 Å². The monoisotopic (exact) mass is 405 g/mol. The van der Waals surface area contributed by atoms with Crippen molar-refractivity contribution in [2.45, 2.75) is 46.6 Å². The first-order valence-corrected chi connectivity index (χ1v) is 10.4. The highest BCUT2D eigenvalue weighted by molar-refractivity contribution is 5.96. The van der Waals surface area contributed by atoms with Crippen molar-refractivity contribution in [3.8, 4) is 5.75 Å². The van der Waals surface area contributed by atoms with Gasteiger partial charge in [0.15, 0.2) is 0 Å². The maximum atomic E-state index is 12.3. The summed E-state index contributed by atoms with van der Waals surface area (Å²) in [6.45, 7) is 11.7. The number of aryl methyl sites for hydroxylation is 1. The molecule has 0 fully saturated rings. The van der Waals surface area contributed by atoms with E-state index in [4.69, 9.17) is 4.74 Å². The predicted octanol–water partition coefficient (Wildman–Crippen LogP) is 5.18. The molecule has 0 aromatic heterocycles. The third kappa shape index (κ3) is 4.40. The zero-order chi connectivity index (χ0) is 21.9. The van der Waals surface area contributed by atoms with Crippen LogP contribution in [0.25, 0.3) is 5.57 Å². The van der Waals surface area contributed by atoms with E-state index in [2.05, 4.69) is 61.3 Å². The first-order valence-electron chi connectivity index (χ1n) is 10.4. The summed E-state index contributed by atoms with van der Waals surface area (Å²) in [5.41, 5.74) is 8.60. The van der Waals surface area contributed by atoms with Crippen LogP contribution < -0.4 is 15.1 Å². The van der Waals surface area contributed by atoms with Crippen LogP contribution in [0.2, 0.25) is 0 Å². The molecule has 1 heterocycles. The number of benzene rings is 2. The SMILES string of the molecule is CCCN1c2cc(OC)c(/C=N\NC(=O)c3ccc(C)cc3)cc2C(C)=CC1(C)C. The predicted molar refractivity (Wildman–Crippen MR) is 125 cm³/mol. The molecule has 5 heteroatoms. The highest BCUT2D eigenvalue weighted by atomic mass is 16.5. The van der Waals surface area contributed by atoms with Gasteiger partial charge in [0.25, 0.3) is 5.91 Å². The lowest BCUT2D eigenvalue weighted by Crippen LogP contribution is -2.45. The Bertz CT molecular complexity index is 988. The first kappa shape index (κ1) is 21.6. The summed E-state index contributed by atoms with van der Waals surface area (Å²) in [7, 11) is 1.66. The van der Waals surface area contributed by atoms with E-state index in [0.717, 1.165) is 35.4 Å². The quantitative estimate of drug-likeness (QED) is 0.532. The van der Waals surface area contributed by atoms with Crippen molar-refractivity contribution in [3.63, 3.8) is 0 Å². The van der Waals surface area contributed by atoms with Gasteiger partial charge in [0, 0.05) is 35.0 Å². The Kier molecular flexibility index (Phi) is 6.30. The summed E-state index contributed by atoms with van der Waals surface area (Å²) in [6.07, 6.45) is 5.01. The molecule has 30 heavy (non-hydrogen) atoms. The Morgan fingerprint density at radius 2 is 1.90 bits per heavy atom. The molecule has 1 amide bonds. The fraction of sp³-hybridized carbons (Fsp3) is 0.360. The van der Waals surface area contributed by atoms with Crippen LogP contribution >= 0.6 is 0 Å². The van der Waals surface area contributed by atoms with Gasteiger partial charge in [0.2, 0.25) is 0 Å². The highest BCUT2D eigenvalue weighted by Crippen LogP contribution is 2.41. The molecular weight excluding hydrogens is 374 g/mol. The van der Waals surface area contributed by atoms with Crippen LogP contribution in [0.4, 0.5) is 5.69 Å². The number of carbonyl (C=O) groups is 1. The van der Waals surface area contributed by atoms with Gasteiger partial charge < -0.3 is 9.64 Å². The second-order valence-corrected chi connectivity index (χ2v) is 8.31. The average Bonchev–Trinajstić information content (AvgIpc) is 2.71. The number of allylic oxidation sites excluding steroid dienone is 1. The summed E-state index contributed by atoms with van der Waals surface area (Å²) in [5, 5.41) is 4.17. The van der Waals surface area contributed by atoms with Crippen LogP contribution in [0.3, 0.4) is 0 Å². The van der Waals surface area contributed by atoms with Crippen LogP contribution in [-0.4, -0.2) is 31.3 Å². The minimum atomic E-state index is -0.241. The third-order valence-corrected chi connectivity index (χ3v) is 5.46. The molecule has 1 aliphatic heterocycles. The van der Waals surface area contributed by atoms with Crippen molar-refractivity contribution >= 4 is 23.4 Å². The number of carbonyl (C=O) groups excluding carboxylic acids is 1.